The fourth-order valence-electron chi connectivity index (χ4n) is 6.73. The largest absolute Gasteiger partial charge is 0.459 e. The summed E-state index contributed by atoms with van der Waals surface area (Å²) >= 11 is 0. The van der Waals surface area contributed by atoms with Crippen LogP contribution in [0.4, 0.5) is 0 Å². The van der Waals surface area contributed by atoms with E-state index in [4.69, 9.17) is 4.74 Å². The van der Waals surface area contributed by atoms with Crippen molar-refractivity contribution < 1.29 is 34.4 Å². The Hall–Kier alpha value is -1.57. The molecule has 1 heterocycles. The summed E-state index contributed by atoms with van der Waals surface area (Å²) in [5.74, 6) is -4.55. The van der Waals surface area contributed by atoms with E-state index in [1.165, 1.54) is 6.08 Å². The van der Waals surface area contributed by atoms with Crippen molar-refractivity contribution in [2.24, 2.45) is 34.5 Å². The van der Waals surface area contributed by atoms with Gasteiger partial charge in [-0.15, -0.1) is 0 Å². The molecule has 142 valence electrons. The lowest BCUT2D eigenvalue weighted by Crippen LogP contribution is -2.73. The molecule has 4 aliphatic rings. The van der Waals surface area contributed by atoms with Crippen molar-refractivity contribution in [2.75, 3.05) is 0 Å². The summed E-state index contributed by atoms with van der Waals surface area (Å²) in [6.07, 6.45) is -3.70. The first-order valence-corrected chi connectivity index (χ1v) is 9.00. The second kappa shape index (κ2) is 5.03. The van der Waals surface area contributed by atoms with Crippen LogP contribution in [0.2, 0.25) is 0 Å². The zero-order valence-corrected chi connectivity index (χ0v) is 15.2. The van der Waals surface area contributed by atoms with E-state index in [1.807, 2.05) is 0 Å². The van der Waals surface area contributed by atoms with Gasteiger partial charge in [0, 0.05) is 28.6 Å². The molecule has 10 atom stereocenters. The minimum absolute atomic E-state index is 0.400. The average Bonchev–Trinajstić information content (AvgIpc) is 2.80. The number of ether oxygens (including phenoxy) is 1. The molecule has 26 heavy (non-hydrogen) atoms. The number of carbonyl (C=O) groups is 3. The van der Waals surface area contributed by atoms with Crippen molar-refractivity contribution in [3.8, 4) is 0 Å². The van der Waals surface area contributed by atoms with Crippen LogP contribution in [0.15, 0.2) is 11.6 Å². The quantitative estimate of drug-likeness (QED) is 0.501. The van der Waals surface area contributed by atoms with Gasteiger partial charge in [0.2, 0.25) is 0 Å². The third-order valence-corrected chi connectivity index (χ3v) is 7.70. The Morgan fingerprint density at radius 2 is 1.69 bits per heavy atom. The Labute approximate surface area is 151 Å². The highest BCUT2D eigenvalue weighted by Crippen LogP contribution is 2.66. The van der Waals surface area contributed by atoms with Gasteiger partial charge in [-0.3, -0.25) is 14.4 Å². The Morgan fingerprint density at radius 1 is 1.08 bits per heavy atom. The SMILES string of the molecule is CC1=CC(=O)[C@@H](O)[C@@]2(C)[C@H]1[C@@H](O)C(=O)[C@@]1(C)[C@H]3C(=O)O[C@H]([C@@H]3C)[C@H](O)[C@@H]12. The van der Waals surface area contributed by atoms with Gasteiger partial charge in [0.25, 0.3) is 0 Å². The third-order valence-electron chi connectivity index (χ3n) is 7.70. The molecule has 3 fully saturated rings. The Balaban J connectivity index is 2.00. The Kier molecular flexibility index (Phi) is 3.45. The van der Waals surface area contributed by atoms with Gasteiger partial charge < -0.3 is 20.1 Å². The number of aliphatic hydroxyl groups is 3. The summed E-state index contributed by atoms with van der Waals surface area (Å²) in [6.45, 7) is 6.56. The number of carbonyl (C=O) groups excluding carboxylic acids is 3. The molecule has 4 rings (SSSR count). The van der Waals surface area contributed by atoms with E-state index in [-0.39, 0.29) is 0 Å². The van der Waals surface area contributed by atoms with Crippen molar-refractivity contribution in [1.29, 1.82) is 0 Å². The van der Waals surface area contributed by atoms with E-state index < -0.39 is 76.5 Å². The lowest BCUT2D eigenvalue weighted by Gasteiger charge is -2.63. The van der Waals surface area contributed by atoms with Gasteiger partial charge in [-0.25, -0.2) is 0 Å². The van der Waals surface area contributed by atoms with Gasteiger partial charge in [-0.2, -0.15) is 0 Å². The average molecular weight is 364 g/mol. The molecule has 2 bridgehead atoms. The molecule has 0 amide bonds. The van der Waals surface area contributed by atoms with Crippen molar-refractivity contribution in [2.45, 2.75) is 52.1 Å². The monoisotopic (exact) mass is 364 g/mol. The van der Waals surface area contributed by atoms with Crippen molar-refractivity contribution in [3.63, 3.8) is 0 Å². The number of ketones is 2. The highest BCUT2D eigenvalue weighted by molar-refractivity contribution is 6.00. The number of rotatable bonds is 0. The van der Waals surface area contributed by atoms with E-state index in [0.29, 0.717) is 5.57 Å². The first kappa shape index (κ1) is 17.8. The number of hydrogen-bond acceptors (Lipinski definition) is 7. The number of aliphatic hydroxyl groups excluding tert-OH is 3. The lowest BCUT2D eigenvalue weighted by atomic mass is 9.39. The summed E-state index contributed by atoms with van der Waals surface area (Å²) in [4.78, 5) is 38.1. The first-order chi connectivity index (χ1) is 12.0. The fourth-order valence-corrected chi connectivity index (χ4v) is 6.73. The van der Waals surface area contributed by atoms with E-state index in [2.05, 4.69) is 0 Å². The predicted molar refractivity (Wildman–Crippen MR) is 87.5 cm³/mol. The van der Waals surface area contributed by atoms with Crippen LogP contribution in [-0.4, -0.2) is 57.3 Å². The molecule has 7 heteroatoms. The van der Waals surface area contributed by atoms with Crippen LogP contribution in [0.3, 0.4) is 0 Å². The van der Waals surface area contributed by atoms with Crippen molar-refractivity contribution in [3.05, 3.63) is 11.6 Å². The molecule has 0 spiro atoms. The second-order valence-corrected chi connectivity index (χ2v) is 8.84. The molecule has 0 radical (unpaired) electrons. The van der Waals surface area contributed by atoms with Crippen LogP contribution < -0.4 is 0 Å². The fraction of sp³-hybridized carbons (Fsp3) is 0.737. The molecule has 2 saturated carbocycles. The zero-order valence-electron chi connectivity index (χ0n) is 15.2. The van der Waals surface area contributed by atoms with Crippen LogP contribution in [0.1, 0.15) is 27.7 Å². The number of hydrogen-bond donors (Lipinski definition) is 3. The highest BCUT2D eigenvalue weighted by Gasteiger charge is 2.76. The smallest absolute Gasteiger partial charge is 0.310 e. The molecule has 0 unspecified atom stereocenters. The minimum atomic E-state index is -1.49. The van der Waals surface area contributed by atoms with Crippen LogP contribution in [0, 0.1) is 34.5 Å². The molecule has 1 aliphatic heterocycles. The summed E-state index contributed by atoms with van der Waals surface area (Å²) in [5, 5.41) is 32.7. The van der Waals surface area contributed by atoms with Gasteiger partial charge in [0.15, 0.2) is 11.6 Å². The maximum atomic E-state index is 13.3. The van der Waals surface area contributed by atoms with Crippen LogP contribution >= 0.6 is 0 Å². The Morgan fingerprint density at radius 3 is 2.31 bits per heavy atom. The molecule has 0 aromatic carbocycles. The van der Waals surface area contributed by atoms with Crippen LogP contribution in [0.5, 0.6) is 0 Å². The molecular formula is C19H24O7. The van der Waals surface area contributed by atoms with E-state index in [1.54, 1.807) is 27.7 Å². The molecular weight excluding hydrogens is 340 g/mol. The predicted octanol–water partition coefficient (Wildman–Crippen LogP) is -0.383. The first-order valence-electron chi connectivity index (χ1n) is 9.00. The van der Waals surface area contributed by atoms with E-state index in [0.717, 1.165) is 0 Å². The molecule has 0 aromatic heterocycles. The van der Waals surface area contributed by atoms with Gasteiger partial charge >= 0.3 is 5.97 Å². The lowest BCUT2D eigenvalue weighted by molar-refractivity contribution is -0.224. The zero-order chi connectivity index (χ0) is 19.3. The molecule has 3 aliphatic carbocycles. The topological polar surface area (TPSA) is 121 Å². The van der Waals surface area contributed by atoms with Crippen LogP contribution in [-0.2, 0) is 19.1 Å². The standard InChI is InChI=1S/C19H24O7/c1-6-5-8(20)15(23)18(3)9(6)11(21)16(24)19(4)10-7(2)13(26-17(10)25)12(22)14(18)19/h5,7,9-15,21-23H,1-4H3/t7-,9-,10-,11-,12+,13-,14-,15-,18+,19+/m1/s1. The van der Waals surface area contributed by atoms with Gasteiger partial charge in [0.05, 0.1) is 12.0 Å². The summed E-state index contributed by atoms with van der Waals surface area (Å²) in [7, 11) is 0. The number of fused-ring (bicyclic) bond motifs is 6. The maximum absolute atomic E-state index is 13.3. The Bertz CT molecular complexity index is 757. The van der Waals surface area contributed by atoms with Crippen LogP contribution in [0.25, 0.3) is 0 Å². The summed E-state index contributed by atoms with van der Waals surface area (Å²) < 4.78 is 5.36. The maximum Gasteiger partial charge on any atom is 0.310 e. The van der Waals surface area contributed by atoms with E-state index >= 15 is 0 Å². The normalized spacial score (nSPS) is 55.8. The van der Waals surface area contributed by atoms with E-state index in [9.17, 15) is 29.7 Å². The second-order valence-electron chi connectivity index (χ2n) is 8.84. The summed E-state index contributed by atoms with van der Waals surface area (Å²) in [6, 6.07) is 0. The number of esters is 1. The summed E-state index contributed by atoms with van der Waals surface area (Å²) in [5.41, 5.74) is -2.22. The van der Waals surface area contributed by atoms with Gasteiger partial charge in [0.1, 0.15) is 18.3 Å². The van der Waals surface area contributed by atoms with Crippen molar-refractivity contribution in [1.82, 2.24) is 0 Å². The molecule has 0 aromatic rings. The van der Waals surface area contributed by atoms with Crippen molar-refractivity contribution >= 4 is 17.5 Å². The molecule has 3 N–H and O–H groups in total. The molecule has 7 nitrogen and oxygen atoms in total. The third kappa shape index (κ3) is 1.67. The highest BCUT2D eigenvalue weighted by atomic mass is 16.6. The minimum Gasteiger partial charge on any atom is -0.459 e. The van der Waals surface area contributed by atoms with Gasteiger partial charge in [-0.05, 0) is 13.0 Å². The number of Topliss-reactive ketones (excluding diaryl/α,β-unsaturated/α-hetero) is 1. The molecule has 1 saturated heterocycles. The van der Waals surface area contributed by atoms with Gasteiger partial charge in [-0.1, -0.05) is 26.3 Å².